The Balaban J connectivity index is 2.22. The number of hydrogen-bond donors (Lipinski definition) is 2. The summed E-state index contributed by atoms with van der Waals surface area (Å²) in [6.07, 6.45) is 15.3. The third-order valence-electron chi connectivity index (χ3n) is 5.23. The van der Waals surface area contributed by atoms with Crippen molar-refractivity contribution in [3.8, 4) is 0 Å². The predicted octanol–water partition coefficient (Wildman–Crippen LogP) is 7.75. The summed E-state index contributed by atoms with van der Waals surface area (Å²) in [6, 6.07) is 7.44. The first-order chi connectivity index (χ1) is 15.7. The van der Waals surface area contributed by atoms with Crippen molar-refractivity contribution < 1.29 is 9.59 Å². The Morgan fingerprint density at radius 3 is 1.41 bits per heavy atom. The molecule has 2 N–H and O–H groups in total. The van der Waals surface area contributed by atoms with Crippen molar-refractivity contribution in [2.24, 2.45) is 0 Å². The summed E-state index contributed by atoms with van der Waals surface area (Å²) in [5.41, 5.74) is 1.35. The summed E-state index contributed by atoms with van der Waals surface area (Å²) in [7, 11) is 0. The first kappa shape index (κ1) is 28.9. The third kappa shape index (κ3) is 15.6. The molecule has 0 radical (unpaired) electrons. The van der Waals surface area contributed by atoms with Crippen molar-refractivity contribution in [1.82, 2.24) is 0 Å². The molecule has 0 unspecified atom stereocenters. The molecule has 0 saturated heterocycles. The molecular formula is C26H44N2O2S2. The molecule has 1 aromatic rings. The Hall–Kier alpha value is -1.14. The number of anilines is 2. The maximum absolute atomic E-state index is 12.3. The van der Waals surface area contributed by atoms with Crippen LogP contribution in [0.1, 0.15) is 90.9 Å². The van der Waals surface area contributed by atoms with E-state index in [1.165, 1.54) is 77.0 Å². The van der Waals surface area contributed by atoms with E-state index in [9.17, 15) is 9.59 Å². The lowest BCUT2D eigenvalue weighted by Crippen LogP contribution is -2.19. The van der Waals surface area contributed by atoms with Crippen LogP contribution in [0.15, 0.2) is 24.3 Å². The molecule has 0 bridgehead atoms. The number of unbranched alkanes of at least 4 members (excludes halogenated alkanes) is 10. The Labute approximate surface area is 204 Å². The Morgan fingerprint density at radius 1 is 0.625 bits per heavy atom. The second-order valence-corrected chi connectivity index (χ2v) is 10.5. The van der Waals surface area contributed by atoms with E-state index in [-0.39, 0.29) is 11.8 Å². The summed E-state index contributed by atoms with van der Waals surface area (Å²) >= 11 is 3.37. The van der Waals surface area contributed by atoms with Crippen LogP contribution >= 0.6 is 23.5 Å². The van der Waals surface area contributed by atoms with Crippen LogP contribution in [0.25, 0.3) is 0 Å². The van der Waals surface area contributed by atoms with Crippen LogP contribution < -0.4 is 10.6 Å². The first-order valence-corrected chi connectivity index (χ1v) is 14.8. The zero-order valence-electron chi connectivity index (χ0n) is 20.3. The molecule has 4 nitrogen and oxygen atoms in total. The van der Waals surface area contributed by atoms with Gasteiger partial charge in [0, 0.05) is 0 Å². The van der Waals surface area contributed by atoms with Gasteiger partial charge in [-0.05, 0) is 36.5 Å². The van der Waals surface area contributed by atoms with Crippen LogP contribution in [0.3, 0.4) is 0 Å². The molecule has 0 fully saturated rings. The molecule has 32 heavy (non-hydrogen) atoms. The van der Waals surface area contributed by atoms with Crippen molar-refractivity contribution in [3.05, 3.63) is 24.3 Å². The van der Waals surface area contributed by atoms with Crippen LogP contribution in [0, 0.1) is 0 Å². The lowest BCUT2D eigenvalue weighted by molar-refractivity contribution is -0.114. The highest BCUT2D eigenvalue weighted by Crippen LogP contribution is 2.22. The van der Waals surface area contributed by atoms with Crippen LogP contribution in [0.4, 0.5) is 11.4 Å². The minimum atomic E-state index is -0.0138. The average Bonchev–Trinajstić information content (AvgIpc) is 2.78. The van der Waals surface area contributed by atoms with Crippen molar-refractivity contribution in [3.63, 3.8) is 0 Å². The van der Waals surface area contributed by atoms with E-state index >= 15 is 0 Å². The molecule has 0 aromatic heterocycles. The van der Waals surface area contributed by atoms with Crippen molar-refractivity contribution in [2.75, 3.05) is 33.6 Å². The monoisotopic (exact) mass is 480 g/mol. The van der Waals surface area contributed by atoms with Crippen LogP contribution in [-0.4, -0.2) is 34.8 Å². The number of carbonyl (C=O) groups is 2. The fourth-order valence-electron chi connectivity index (χ4n) is 3.37. The lowest BCUT2D eigenvalue weighted by Gasteiger charge is -2.12. The molecule has 0 spiro atoms. The van der Waals surface area contributed by atoms with Gasteiger partial charge >= 0.3 is 0 Å². The predicted molar refractivity (Wildman–Crippen MR) is 145 cm³/mol. The molecule has 0 heterocycles. The standard InChI is InChI=1S/C26H44N2O2S2/c1-3-5-7-9-11-15-19-31-21-25(29)27-23-17-13-14-18-24(23)28-26(30)22-32-20-16-12-10-8-6-4-2/h13-14,17-18H,3-12,15-16,19-22H2,1-2H3,(H,27,29)(H,28,30). The minimum Gasteiger partial charge on any atom is -0.324 e. The van der Waals surface area contributed by atoms with E-state index in [2.05, 4.69) is 24.5 Å². The molecule has 6 heteroatoms. The SMILES string of the molecule is CCCCCCCCSCC(=O)Nc1ccccc1NC(=O)CSCCCCCCCC. The van der Waals surface area contributed by atoms with Crippen LogP contribution in [0.2, 0.25) is 0 Å². The maximum atomic E-state index is 12.3. The van der Waals surface area contributed by atoms with Gasteiger partial charge < -0.3 is 10.6 Å². The van der Waals surface area contributed by atoms with Crippen molar-refractivity contribution >= 4 is 46.7 Å². The van der Waals surface area contributed by atoms with E-state index in [1.54, 1.807) is 23.5 Å². The highest BCUT2D eigenvalue weighted by Gasteiger charge is 2.09. The maximum Gasteiger partial charge on any atom is 0.234 e. The summed E-state index contributed by atoms with van der Waals surface area (Å²) in [5.74, 6) is 2.92. The molecule has 1 aromatic carbocycles. The third-order valence-corrected chi connectivity index (χ3v) is 7.31. The molecule has 0 atom stereocenters. The van der Waals surface area contributed by atoms with Crippen molar-refractivity contribution in [1.29, 1.82) is 0 Å². The molecule has 0 aliphatic heterocycles. The summed E-state index contributed by atoms with van der Waals surface area (Å²) in [4.78, 5) is 24.6. The number of amides is 2. The number of rotatable bonds is 20. The van der Waals surface area contributed by atoms with E-state index in [4.69, 9.17) is 0 Å². The molecule has 1 rings (SSSR count). The van der Waals surface area contributed by atoms with Crippen LogP contribution in [-0.2, 0) is 9.59 Å². The van der Waals surface area contributed by atoms with E-state index in [1.807, 2.05) is 24.3 Å². The molecule has 0 saturated carbocycles. The van der Waals surface area contributed by atoms with E-state index in [0.717, 1.165) is 11.5 Å². The highest BCUT2D eigenvalue weighted by atomic mass is 32.2. The Morgan fingerprint density at radius 2 is 1.00 bits per heavy atom. The molecule has 2 amide bonds. The Bertz CT molecular complexity index is 573. The summed E-state index contributed by atoms with van der Waals surface area (Å²) < 4.78 is 0. The number of carbonyl (C=O) groups excluding carboxylic acids is 2. The average molecular weight is 481 g/mol. The second kappa shape index (κ2) is 20.5. The Kier molecular flexibility index (Phi) is 18.5. The molecule has 0 aliphatic carbocycles. The summed E-state index contributed by atoms with van der Waals surface area (Å²) in [5, 5.41) is 5.91. The van der Waals surface area contributed by atoms with Gasteiger partial charge in [-0.25, -0.2) is 0 Å². The quantitative estimate of drug-likeness (QED) is 0.187. The number of thioether (sulfide) groups is 2. The van der Waals surface area contributed by atoms with Crippen LogP contribution in [0.5, 0.6) is 0 Å². The number of nitrogens with one attached hydrogen (secondary N) is 2. The molecular weight excluding hydrogens is 436 g/mol. The van der Waals surface area contributed by atoms with Gasteiger partial charge in [0.05, 0.1) is 22.9 Å². The zero-order chi connectivity index (χ0) is 23.3. The number of hydrogen-bond acceptors (Lipinski definition) is 4. The van der Waals surface area contributed by atoms with Gasteiger partial charge in [0.15, 0.2) is 0 Å². The van der Waals surface area contributed by atoms with E-state index < -0.39 is 0 Å². The molecule has 182 valence electrons. The fourth-order valence-corrected chi connectivity index (χ4v) is 4.99. The topological polar surface area (TPSA) is 58.2 Å². The molecule has 0 aliphatic rings. The van der Waals surface area contributed by atoms with Gasteiger partial charge in [0.1, 0.15) is 0 Å². The smallest absolute Gasteiger partial charge is 0.234 e. The highest BCUT2D eigenvalue weighted by molar-refractivity contribution is 8.00. The van der Waals surface area contributed by atoms with Gasteiger partial charge in [-0.3, -0.25) is 9.59 Å². The lowest BCUT2D eigenvalue weighted by atomic mass is 10.1. The second-order valence-electron chi connectivity index (χ2n) is 8.28. The number of para-hydroxylation sites is 2. The zero-order valence-corrected chi connectivity index (χ0v) is 21.9. The fraction of sp³-hybridized carbons (Fsp3) is 0.692. The van der Waals surface area contributed by atoms with Gasteiger partial charge in [0.25, 0.3) is 0 Å². The van der Waals surface area contributed by atoms with Crippen molar-refractivity contribution in [2.45, 2.75) is 90.9 Å². The number of benzene rings is 1. The first-order valence-electron chi connectivity index (χ1n) is 12.5. The minimum absolute atomic E-state index is 0.0138. The normalized spacial score (nSPS) is 10.8. The van der Waals surface area contributed by atoms with Gasteiger partial charge in [-0.15, -0.1) is 0 Å². The van der Waals surface area contributed by atoms with Gasteiger partial charge in [-0.2, -0.15) is 23.5 Å². The largest absolute Gasteiger partial charge is 0.324 e. The van der Waals surface area contributed by atoms with E-state index in [0.29, 0.717) is 22.9 Å². The van der Waals surface area contributed by atoms with Gasteiger partial charge in [-0.1, -0.05) is 90.2 Å². The van der Waals surface area contributed by atoms with Gasteiger partial charge in [0.2, 0.25) is 11.8 Å². The summed E-state index contributed by atoms with van der Waals surface area (Å²) in [6.45, 7) is 4.46.